The molecule has 102 valence electrons. The fourth-order valence-corrected chi connectivity index (χ4v) is 2.36. The number of nitrogens with zero attached hydrogens (tertiary/aromatic N) is 2. The highest BCUT2D eigenvalue weighted by Crippen LogP contribution is 2.24. The van der Waals surface area contributed by atoms with Crippen molar-refractivity contribution >= 4 is 33.6 Å². The molecule has 6 heteroatoms. The van der Waals surface area contributed by atoms with Gasteiger partial charge in [0.05, 0.1) is 6.33 Å². The Bertz CT molecular complexity index is 996. The summed E-state index contributed by atoms with van der Waals surface area (Å²) in [6, 6.07) is 13.9. The number of H-pyrrole nitrogens is 2. The number of fused-ring (bicyclic) bond motifs is 2. The number of nitrogens with one attached hydrogen (secondary N) is 3. The lowest BCUT2D eigenvalue weighted by Crippen LogP contribution is -2.11. The normalized spacial score (nSPS) is 11.0. The van der Waals surface area contributed by atoms with Crippen LogP contribution < -0.4 is 10.9 Å². The highest BCUT2D eigenvalue weighted by atomic mass is 16.1. The maximum atomic E-state index is 11.9. The first-order valence-electron chi connectivity index (χ1n) is 6.49. The van der Waals surface area contributed by atoms with Gasteiger partial charge in [0.25, 0.3) is 5.56 Å². The maximum absolute atomic E-state index is 11.9. The van der Waals surface area contributed by atoms with E-state index in [1.807, 2.05) is 42.5 Å². The summed E-state index contributed by atoms with van der Waals surface area (Å²) >= 11 is 0. The van der Waals surface area contributed by atoms with Crippen LogP contribution in [0.3, 0.4) is 0 Å². The van der Waals surface area contributed by atoms with Gasteiger partial charge < -0.3 is 10.3 Å². The van der Waals surface area contributed by atoms with Crippen LogP contribution in [0.4, 0.5) is 11.6 Å². The van der Waals surface area contributed by atoms with E-state index in [0.29, 0.717) is 17.1 Å². The van der Waals surface area contributed by atoms with E-state index in [4.69, 9.17) is 0 Å². The first-order chi connectivity index (χ1) is 10.3. The van der Waals surface area contributed by atoms with Gasteiger partial charge in [-0.3, -0.25) is 9.78 Å². The molecule has 2 aromatic carbocycles. The van der Waals surface area contributed by atoms with Gasteiger partial charge in [0, 0.05) is 11.1 Å². The molecule has 0 atom stereocenters. The Morgan fingerprint density at radius 2 is 1.90 bits per heavy atom. The van der Waals surface area contributed by atoms with E-state index in [2.05, 4.69) is 25.3 Å². The Morgan fingerprint density at radius 3 is 2.86 bits per heavy atom. The molecule has 0 aliphatic rings. The van der Waals surface area contributed by atoms with Crippen LogP contribution in [0, 0.1) is 0 Å². The van der Waals surface area contributed by atoms with Crippen molar-refractivity contribution in [3.8, 4) is 0 Å². The smallest absolute Gasteiger partial charge is 0.278 e. The fraction of sp³-hybridized carbons (Fsp3) is 0. The van der Waals surface area contributed by atoms with Crippen LogP contribution in [0.15, 0.2) is 53.6 Å². The summed E-state index contributed by atoms with van der Waals surface area (Å²) in [6.45, 7) is 0. The molecule has 4 aromatic rings. The van der Waals surface area contributed by atoms with Crippen LogP contribution in [-0.4, -0.2) is 19.9 Å². The first kappa shape index (κ1) is 11.7. The van der Waals surface area contributed by atoms with Gasteiger partial charge in [0.1, 0.15) is 0 Å². The van der Waals surface area contributed by atoms with Crippen molar-refractivity contribution in [2.75, 3.05) is 5.32 Å². The number of anilines is 2. The lowest BCUT2D eigenvalue weighted by molar-refractivity contribution is 1.16. The Labute approximate surface area is 118 Å². The molecule has 0 bridgehead atoms. The zero-order valence-corrected chi connectivity index (χ0v) is 10.9. The van der Waals surface area contributed by atoms with Crippen molar-refractivity contribution in [3.63, 3.8) is 0 Å². The van der Waals surface area contributed by atoms with Crippen LogP contribution in [0.1, 0.15) is 0 Å². The number of aromatic amines is 2. The van der Waals surface area contributed by atoms with Crippen LogP contribution in [0.5, 0.6) is 0 Å². The molecule has 21 heavy (non-hydrogen) atoms. The molecule has 0 radical (unpaired) electrons. The number of aromatic nitrogens is 4. The van der Waals surface area contributed by atoms with Gasteiger partial charge in [-0.25, -0.2) is 4.98 Å². The summed E-state index contributed by atoms with van der Waals surface area (Å²) in [7, 11) is 0. The van der Waals surface area contributed by atoms with Crippen LogP contribution >= 0.6 is 0 Å². The molecule has 6 nitrogen and oxygen atoms in total. The van der Waals surface area contributed by atoms with Gasteiger partial charge in [-0.1, -0.05) is 36.4 Å². The number of hydrogen-bond donors (Lipinski definition) is 3. The monoisotopic (exact) mass is 277 g/mol. The van der Waals surface area contributed by atoms with Crippen molar-refractivity contribution in [2.24, 2.45) is 0 Å². The van der Waals surface area contributed by atoms with E-state index in [-0.39, 0.29) is 5.56 Å². The molecule has 2 aromatic heterocycles. The van der Waals surface area contributed by atoms with Gasteiger partial charge >= 0.3 is 0 Å². The minimum Gasteiger partial charge on any atom is -0.339 e. The largest absolute Gasteiger partial charge is 0.339 e. The zero-order chi connectivity index (χ0) is 14.2. The summed E-state index contributed by atoms with van der Waals surface area (Å²) < 4.78 is 0. The van der Waals surface area contributed by atoms with Crippen LogP contribution in [0.2, 0.25) is 0 Å². The van der Waals surface area contributed by atoms with Crippen molar-refractivity contribution in [2.45, 2.75) is 0 Å². The van der Waals surface area contributed by atoms with E-state index in [1.54, 1.807) is 0 Å². The second kappa shape index (κ2) is 4.45. The van der Waals surface area contributed by atoms with Gasteiger partial charge in [-0.15, -0.1) is 0 Å². The molecule has 0 aliphatic heterocycles. The fourth-order valence-electron chi connectivity index (χ4n) is 2.36. The SMILES string of the molecule is O=c1[nH]c(Nc2cccc3ccccc23)nc2nc[nH]c12. The van der Waals surface area contributed by atoms with Gasteiger partial charge in [-0.2, -0.15) is 4.98 Å². The minimum absolute atomic E-state index is 0.250. The lowest BCUT2D eigenvalue weighted by atomic mass is 10.1. The van der Waals surface area contributed by atoms with Crippen molar-refractivity contribution in [1.29, 1.82) is 0 Å². The Morgan fingerprint density at radius 1 is 1.05 bits per heavy atom. The van der Waals surface area contributed by atoms with E-state index < -0.39 is 0 Å². The molecule has 0 spiro atoms. The quantitative estimate of drug-likeness (QED) is 0.525. The third kappa shape index (κ3) is 1.93. The Hall–Kier alpha value is -3.15. The van der Waals surface area contributed by atoms with E-state index in [0.717, 1.165) is 16.5 Å². The highest BCUT2D eigenvalue weighted by Gasteiger charge is 2.07. The maximum Gasteiger partial charge on any atom is 0.278 e. The molecule has 4 rings (SSSR count). The van der Waals surface area contributed by atoms with E-state index in [1.165, 1.54) is 6.33 Å². The number of benzene rings is 2. The Balaban J connectivity index is 1.84. The molecule has 3 N–H and O–H groups in total. The topological polar surface area (TPSA) is 86.5 Å². The predicted octanol–water partition coefficient (Wildman–Crippen LogP) is 2.54. The second-order valence-corrected chi connectivity index (χ2v) is 4.67. The predicted molar refractivity (Wildman–Crippen MR) is 81.7 cm³/mol. The Kier molecular flexibility index (Phi) is 2.47. The summed E-state index contributed by atoms with van der Waals surface area (Å²) in [4.78, 5) is 25.7. The van der Waals surface area contributed by atoms with Crippen molar-refractivity contribution in [1.82, 2.24) is 19.9 Å². The summed E-state index contributed by atoms with van der Waals surface area (Å²) in [5.41, 5.74) is 1.39. The number of imidazole rings is 1. The zero-order valence-electron chi connectivity index (χ0n) is 10.9. The van der Waals surface area contributed by atoms with E-state index >= 15 is 0 Å². The average molecular weight is 277 g/mol. The summed E-state index contributed by atoms with van der Waals surface area (Å²) in [5.74, 6) is 0.371. The highest BCUT2D eigenvalue weighted by molar-refractivity contribution is 5.95. The third-order valence-corrected chi connectivity index (χ3v) is 3.34. The second-order valence-electron chi connectivity index (χ2n) is 4.67. The van der Waals surface area contributed by atoms with Crippen molar-refractivity contribution < 1.29 is 0 Å². The first-order valence-corrected chi connectivity index (χ1v) is 6.49. The van der Waals surface area contributed by atoms with E-state index in [9.17, 15) is 4.79 Å². The number of rotatable bonds is 2. The van der Waals surface area contributed by atoms with Crippen LogP contribution in [-0.2, 0) is 0 Å². The molecular formula is C15H11N5O. The summed E-state index contributed by atoms with van der Waals surface area (Å²) in [5, 5.41) is 5.33. The molecule has 0 aliphatic carbocycles. The molecule has 0 fully saturated rings. The minimum atomic E-state index is -0.250. The average Bonchev–Trinajstić information content (AvgIpc) is 2.97. The lowest BCUT2D eigenvalue weighted by Gasteiger charge is -2.08. The standard InChI is InChI=1S/C15H11N5O/c21-14-12-13(17-8-16-12)19-15(20-14)18-11-7-3-5-9-4-1-2-6-10(9)11/h1-8H,(H3,16,17,18,19,20,21). The van der Waals surface area contributed by atoms with Crippen molar-refractivity contribution in [3.05, 3.63) is 59.1 Å². The molecular weight excluding hydrogens is 266 g/mol. The van der Waals surface area contributed by atoms with Gasteiger partial charge in [0.15, 0.2) is 11.2 Å². The molecule has 2 heterocycles. The molecule has 0 amide bonds. The van der Waals surface area contributed by atoms with Gasteiger partial charge in [0.2, 0.25) is 5.95 Å². The number of hydrogen-bond acceptors (Lipinski definition) is 4. The summed E-state index contributed by atoms with van der Waals surface area (Å²) in [6.07, 6.45) is 1.45. The third-order valence-electron chi connectivity index (χ3n) is 3.34. The molecule has 0 unspecified atom stereocenters. The molecule has 0 saturated carbocycles. The van der Waals surface area contributed by atoms with Crippen LogP contribution in [0.25, 0.3) is 21.9 Å². The molecule has 0 saturated heterocycles. The van der Waals surface area contributed by atoms with Gasteiger partial charge in [-0.05, 0) is 11.5 Å².